The molecule has 1 atom stereocenters. The number of aryl methyl sites for hydroxylation is 1. The first-order valence-electron chi connectivity index (χ1n) is 8.25. The standard InChI is InChI=1S/C17H24BrN5.ClH/c1-22-17(16(18)11-21-22)13-23(12-14-5-2-3-9-20-14)15-6-4-8-19-10-7-15;/h2-3,5,9,11,15,19H,4,6-8,10,12-13H2,1H3;1H. The fraction of sp³-hybridized carbons (Fsp3) is 0.529. The fourth-order valence-electron chi connectivity index (χ4n) is 3.19. The highest BCUT2D eigenvalue weighted by Crippen LogP contribution is 2.23. The van der Waals surface area contributed by atoms with Gasteiger partial charge in [0.25, 0.3) is 0 Å². The first-order chi connectivity index (χ1) is 11.2. The van der Waals surface area contributed by atoms with Crippen LogP contribution in [0.1, 0.15) is 30.7 Å². The number of hydrogen-bond donors (Lipinski definition) is 1. The Morgan fingerprint density at radius 2 is 2.17 bits per heavy atom. The highest BCUT2D eigenvalue weighted by atomic mass is 79.9. The van der Waals surface area contributed by atoms with E-state index in [4.69, 9.17) is 0 Å². The van der Waals surface area contributed by atoms with E-state index in [1.165, 1.54) is 25.0 Å². The molecule has 24 heavy (non-hydrogen) atoms. The average Bonchev–Trinajstić information content (AvgIpc) is 2.79. The van der Waals surface area contributed by atoms with Gasteiger partial charge in [-0.25, -0.2) is 0 Å². The van der Waals surface area contributed by atoms with Gasteiger partial charge in [0.1, 0.15) is 0 Å². The van der Waals surface area contributed by atoms with E-state index in [-0.39, 0.29) is 12.4 Å². The third-order valence-electron chi connectivity index (χ3n) is 4.52. The van der Waals surface area contributed by atoms with Gasteiger partial charge in [-0.1, -0.05) is 6.07 Å². The Labute approximate surface area is 158 Å². The SMILES string of the molecule is Cl.Cn1ncc(Br)c1CN(Cc1ccccn1)C1CCCNCC1. The van der Waals surface area contributed by atoms with Gasteiger partial charge in [-0.05, 0) is 60.4 Å². The van der Waals surface area contributed by atoms with Crippen LogP contribution in [0.5, 0.6) is 0 Å². The van der Waals surface area contributed by atoms with Crippen LogP contribution in [-0.4, -0.2) is 38.8 Å². The number of pyridine rings is 1. The van der Waals surface area contributed by atoms with Crippen LogP contribution < -0.4 is 5.32 Å². The fourth-order valence-corrected chi connectivity index (χ4v) is 3.66. The number of nitrogens with one attached hydrogen (secondary N) is 1. The van der Waals surface area contributed by atoms with Crippen molar-refractivity contribution in [1.82, 2.24) is 25.0 Å². The minimum Gasteiger partial charge on any atom is -0.317 e. The smallest absolute Gasteiger partial charge is 0.0663 e. The van der Waals surface area contributed by atoms with E-state index in [0.29, 0.717) is 6.04 Å². The Kier molecular flexibility index (Phi) is 7.68. The van der Waals surface area contributed by atoms with E-state index < -0.39 is 0 Å². The molecule has 1 aliphatic heterocycles. The molecule has 1 aliphatic rings. The zero-order chi connectivity index (χ0) is 16.1. The molecule has 0 radical (unpaired) electrons. The quantitative estimate of drug-likeness (QED) is 0.816. The number of rotatable bonds is 5. The van der Waals surface area contributed by atoms with Crippen molar-refractivity contribution in [3.8, 4) is 0 Å². The highest BCUT2D eigenvalue weighted by Gasteiger charge is 2.22. The van der Waals surface area contributed by atoms with Crippen molar-refractivity contribution in [2.24, 2.45) is 7.05 Å². The molecule has 0 spiro atoms. The van der Waals surface area contributed by atoms with E-state index in [2.05, 4.69) is 48.4 Å². The van der Waals surface area contributed by atoms with Crippen molar-refractivity contribution < 1.29 is 0 Å². The van der Waals surface area contributed by atoms with Crippen molar-refractivity contribution in [3.05, 3.63) is 46.5 Å². The van der Waals surface area contributed by atoms with Gasteiger partial charge in [0, 0.05) is 32.4 Å². The van der Waals surface area contributed by atoms with Crippen LogP contribution in [0.25, 0.3) is 0 Å². The summed E-state index contributed by atoms with van der Waals surface area (Å²) in [5.41, 5.74) is 2.35. The number of nitrogens with zero attached hydrogens (tertiary/aromatic N) is 4. The van der Waals surface area contributed by atoms with Crippen LogP contribution in [0.2, 0.25) is 0 Å². The van der Waals surface area contributed by atoms with Gasteiger partial charge in [-0.2, -0.15) is 5.10 Å². The van der Waals surface area contributed by atoms with Crippen LogP contribution >= 0.6 is 28.3 Å². The normalized spacial score (nSPS) is 18.2. The summed E-state index contributed by atoms with van der Waals surface area (Å²) in [6, 6.07) is 6.73. The Bertz CT molecular complexity index is 591. The number of halogens is 2. The number of hydrogen-bond acceptors (Lipinski definition) is 4. The minimum atomic E-state index is 0. The molecule has 2 aromatic rings. The van der Waals surface area contributed by atoms with Crippen LogP contribution in [-0.2, 0) is 20.1 Å². The Hall–Kier alpha value is -0.950. The summed E-state index contributed by atoms with van der Waals surface area (Å²) in [5.74, 6) is 0. The molecule has 0 aliphatic carbocycles. The second kappa shape index (κ2) is 9.51. The summed E-state index contributed by atoms with van der Waals surface area (Å²) in [6.45, 7) is 3.99. The van der Waals surface area contributed by atoms with Crippen molar-refractivity contribution in [2.45, 2.75) is 38.4 Å². The second-order valence-electron chi connectivity index (χ2n) is 6.12. The maximum Gasteiger partial charge on any atom is 0.0663 e. The first-order valence-corrected chi connectivity index (χ1v) is 9.04. The average molecular weight is 415 g/mol. The van der Waals surface area contributed by atoms with Gasteiger partial charge in [0.2, 0.25) is 0 Å². The molecule has 7 heteroatoms. The topological polar surface area (TPSA) is 46.0 Å². The predicted molar refractivity (Wildman–Crippen MR) is 102 cm³/mol. The largest absolute Gasteiger partial charge is 0.317 e. The van der Waals surface area contributed by atoms with Crippen LogP contribution in [0.4, 0.5) is 0 Å². The van der Waals surface area contributed by atoms with Gasteiger partial charge in [-0.15, -0.1) is 12.4 Å². The summed E-state index contributed by atoms with van der Waals surface area (Å²) in [6.07, 6.45) is 7.40. The van der Waals surface area contributed by atoms with Gasteiger partial charge < -0.3 is 5.32 Å². The second-order valence-corrected chi connectivity index (χ2v) is 6.98. The van der Waals surface area contributed by atoms with Crippen LogP contribution in [0, 0.1) is 0 Å². The maximum absolute atomic E-state index is 4.52. The molecule has 0 saturated carbocycles. The summed E-state index contributed by atoms with van der Waals surface area (Å²) in [5, 5.41) is 7.86. The lowest BCUT2D eigenvalue weighted by Crippen LogP contribution is -2.36. The molecular formula is C17H25BrClN5. The van der Waals surface area contributed by atoms with Crippen molar-refractivity contribution in [2.75, 3.05) is 13.1 Å². The van der Waals surface area contributed by atoms with Crippen molar-refractivity contribution in [1.29, 1.82) is 0 Å². The third kappa shape index (κ3) is 5.02. The molecule has 2 aromatic heterocycles. The third-order valence-corrected chi connectivity index (χ3v) is 5.18. The van der Waals surface area contributed by atoms with Crippen molar-refractivity contribution in [3.63, 3.8) is 0 Å². The molecule has 1 N–H and O–H groups in total. The highest BCUT2D eigenvalue weighted by molar-refractivity contribution is 9.10. The molecule has 0 bridgehead atoms. The lowest BCUT2D eigenvalue weighted by atomic mass is 10.1. The lowest BCUT2D eigenvalue weighted by Gasteiger charge is -2.31. The summed E-state index contributed by atoms with van der Waals surface area (Å²) >= 11 is 3.63. The lowest BCUT2D eigenvalue weighted by molar-refractivity contribution is 0.158. The molecule has 0 amide bonds. The molecule has 0 aromatic carbocycles. The Morgan fingerprint density at radius 3 is 2.88 bits per heavy atom. The van der Waals surface area contributed by atoms with Gasteiger partial charge >= 0.3 is 0 Å². The summed E-state index contributed by atoms with van der Waals surface area (Å²) in [7, 11) is 2.01. The molecule has 132 valence electrons. The zero-order valence-corrected chi connectivity index (χ0v) is 16.4. The first kappa shape index (κ1) is 19.4. The van der Waals surface area contributed by atoms with E-state index in [0.717, 1.165) is 36.3 Å². The Balaban J connectivity index is 0.00000208. The molecule has 5 nitrogen and oxygen atoms in total. The van der Waals surface area contributed by atoms with E-state index >= 15 is 0 Å². The minimum absolute atomic E-state index is 0. The molecule has 3 heterocycles. The van der Waals surface area contributed by atoms with Gasteiger partial charge in [0.15, 0.2) is 0 Å². The van der Waals surface area contributed by atoms with Gasteiger partial charge in [0.05, 0.1) is 22.1 Å². The maximum atomic E-state index is 4.52. The van der Waals surface area contributed by atoms with Gasteiger partial charge in [-0.3, -0.25) is 14.6 Å². The Morgan fingerprint density at radius 1 is 1.29 bits per heavy atom. The summed E-state index contributed by atoms with van der Waals surface area (Å²) in [4.78, 5) is 7.07. The summed E-state index contributed by atoms with van der Waals surface area (Å²) < 4.78 is 3.04. The molecule has 3 rings (SSSR count). The van der Waals surface area contributed by atoms with Crippen LogP contribution in [0.3, 0.4) is 0 Å². The molecule has 1 unspecified atom stereocenters. The molecule has 1 fully saturated rings. The number of aromatic nitrogens is 3. The van der Waals surface area contributed by atoms with E-state index in [1.807, 2.05) is 30.2 Å². The zero-order valence-electron chi connectivity index (χ0n) is 14.0. The van der Waals surface area contributed by atoms with Crippen LogP contribution in [0.15, 0.2) is 35.1 Å². The molecule has 1 saturated heterocycles. The van der Waals surface area contributed by atoms with Crippen molar-refractivity contribution >= 4 is 28.3 Å². The van der Waals surface area contributed by atoms with E-state index in [1.54, 1.807) is 0 Å². The van der Waals surface area contributed by atoms with E-state index in [9.17, 15) is 0 Å². The monoisotopic (exact) mass is 413 g/mol. The predicted octanol–water partition coefficient (Wildman–Crippen LogP) is 3.14. The molecular weight excluding hydrogens is 390 g/mol.